The van der Waals surface area contributed by atoms with E-state index in [1.807, 2.05) is 0 Å². The number of hydrogen-bond donors (Lipinski definition) is 2. The molecular weight excluding hydrogens is 228 g/mol. The predicted octanol–water partition coefficient (Wildman–Crippen LogP) is 1.83. The standard InChI is InChI=1S/C14H28N2O2/c1-2-10-18-11-6-9-16-14(17)12-7-4-3-5-8-13(12)15/h12-13H,2-11,15H2,1H3,(H,16,17). The second-order valence-corrected chi connectivity index (χ2v) is 5.17. The summed E-state index contributed by atoms with van der Waals surface area (Å²) < 4.78 is 5.38. The Balaban J connectivity index is 2.14. The molecule has 2 unspecified atom stereocenters. The quantitative estimate of drug-likeness (QED) is 0.539. The van der Waals surface area contributed by atoms with Gasteiger partial charge < -0.3 is 15.8 Å². The van der Waals surface area contributed by atoms with Gasteiger partial charge in [0.05, 0.1) is 5.92 Å². The van der Waals surface area contributed by atoms with Gasteiger partial charge in [-0.2, -0.15) is 0 Å². The predicted molar refractivity (Wildman–Crippen MR) is 73.3 cm³/mol. The van der Waals surface area contributed by atoms with Crippen LogP contribution in [0.15, 0.2) is 0 Å². The maximum absolute atomic E-state index is 12.0. The van der Waals surface area contributed by atoms with Gasteiger partial charge in [0.2, 0.25) is 5.91 Å². The topological polar surface area (TPSA) is 64.3 Å². The highest BCUT2D eigenvalue weighted by atomic mass is 16.5. The zero-order chi connectivity index (χ0) is 13.2. The number of nitrogens with one attached hydrogen (secondary N) is 1. The SMILES string of the molecule is CCCOCCCNC(=O)C1CCCCCC1N. The van der Waals surface area contributed by atoms with E-state index < -0.39 is 0 Å². The largest absolute Gasteiger partial charge is 0.381 e. The van der Waals surface area contributed by atoms with E-state index in [9.17, 15) is 4.79 Å². The minimum Gasteiger partial charge on any atom is -0.381 e. The van der Waals surface area contributed by atoms with Crippen molar-refractivity contribution in [2.75, 3.05) is 19.8 Å². The average Bonchev–Trinajstić information content (AvgIpc) is 2.58. The molecule has 1 amide bonds. The van der Waals surface area contributed by atoms with Gasteiger partial charge >= 0.3 is 0 Å². The molecule has 18 heavy (non-hydrogen) atoms. The minimum absolute atomic E-state index is 0.0176. The number of rotatable bonds is 7. The monoisotopic (exact) mass is 256 g/mol. The zero-order valence-electron chi connectivity index (χ0n) is 11.6. The van der Waals surface area contributed by atoms with Crippen LogP contribution < -0.4 is 11.1 Å². The van der Waals surface area contributed by atoms with Gasteiger partial charge in [-0.15, -0.1) is 0 Å². The third-order valence-corrected chi connectivity index (χ3v) is 3.52. The van der Waals surface area contributed by atoms with Crippen molar-refractivity contribution < 1.29 is 9.53 Å². The molecule has 4 heteroatoms. The molecule has 1 saturated carbocycles. The van der Waals surface area contributed by atoms with Gasteiger partial charge in [0.25, 0.3) is 0 Å². The number of carbonyl (C=O) groups excluding carboxylic acids is 1. The van der Waals surface area contributed by atoms with Gasteiger partial charge in [-0.3, -0.25) is 4.79 Å². The van der Waals surface area contributed by atoms with Gasteiger partial charge in [-0.05, 0) is 25.7 Å². The van der Waals surface area contributed by atoms with Crippen LogP contribution in [-0.2, 0) is 9.53 Å². The first-order chi connectivity index (χ1) is 8.75. The lowest BCUT2D eigenvalue weighted by molar-refractivity contribution is -0.125. The molecule has 0 aliphatic heterocycles. The molecule has 0 radical (unpaired) electrons. The van der Waals surface area contributed by atoms with E-state index in [1.165, 1.54) is 6.42 Å². The van der Waals surface area contributed by atoms with E-state index in [4.69, 9.17) is 10.5 Å². The summed E-state index contributed by atoms with van der Waals surface area (Å²) in [7, 11) is 0. The number of hydrogen-bond acceptors (Lipinski definition) is 3. The molecule has 3 N–H and O–H groups in total. The molecule has 4 nitrogen and oxygen atoms in total. The molecule has 0 saturated heterocycles. The fraction of sp³-hybridized carbons (Fsp3) is 0.929. The van der Waals surface area contributed by atoms with Crippen LogP contribution in [0.2, 0.25) is 0 Å². The van der Waals surface area contributed by atoms with Crippen LogP contribution in [0.4, 0.5) is 0 Å². The van der Waals surface area contributed by atoms with Gasteiger partial charge in [0, 0.05) is 25.8 Å². The molecule has 0 heterocycles. The lowest BCUT2D eigenvalue weighted by atomic mass is 9.94. The molecule has 0 aromatic carbocycles. The van der Waals surface area contributed by atoms with Gasteiger partial charge in [0.1, 0.15) is 0 Å². The van der Waals surface area contributed by atoms with Crippen LogP contribution in [0.1, 0.15) is 51.9 Å². The van der Waals surface area contributed by atoms with Crippen LogP contribution in [0.5, 0.6) is 0 Å². The van der Waals surface area contributed by atoms with Crippen LogP contribution >= 0.6 is 0 Å². The molecule has 1 aliphatic rings. The fourth-order valence-corrected chi connectivity index (χ4v) is 2.43. The summed E-state index contributed by atoms with van der Waals surface area (Å²) in [5, 5.41) is 2.99. The molecule has 1 aliphatic carbocycles. The number of nitrogens with two attached hydrogens (primary N) is 1. The molecule has 106 valence electrons. The normalized spacial score (nSPS) is 24.6. The highest BCUT2D eigenvalue weighted by molar-refractivity contribution is 5.79. The summed E-state index contributed by atoms with van der Waals surface area (Å²) in [6.45, 7) is 4.33. The summed E-state index contributed by atoms with van der Waals surface area (Å²) in [5.41, 5.74) is 6.06. The summed E-state index contributed by atoms with van der Waals surface area (Å²) in [6, 6.07) is 0.0452. The first-order valence-corrected chi connectivity index (χ1v) is 7.36. The van der Waals surface area contributed by atoms with Crippen molar-refractivity contribution >= 4 is 5.91 Å². The van der Waals surface area contributed by atoms with Gasteiger partial charge in [-0.25, -0.2) is 0 Å². The zero-order valence-corrected chi connectivity index (χ0v) is 11.6. The van der Waals surface area contributed by atoms with Crippen LogP contribution in [0.3, 0.4) is 0 Å². The lowest BCUT2D eigenvalue weighted by Gasteiger charge is -2.20. The van der Waals surface area contributed by atoms with Crippen molar-refractivity contribution in [2.45, 2.75) is 57.9 Å². The molecule has 0 aromatic rings. The van der Waals surface area contributed by atoms with Crippen molar-refractivity contribution in [1.82, 2.24) is 5.32 Å². The Kier molecular flexibility index (Phi) is 8.01. The average molecular weight is 256 g/mol. The Morgan fingerprint density at radius 2 is 2.06 bits per heavy atom. The first-order valence-electron chi connectivity index (χ1n) is 7.36. The fourth-order valence-electron chi connectivity index (χ4n) is 2.43. The molecule has 2 atom stereocenters. The third-order valence-electron chi connectivity index (χ3n) is 3.52. The molecule has 1 fully saturated rings. The van der Waals surface area contributed by atoms with E-state index in [1.54, 1.807) is 0 Å². The van der Waals surface area contributed by atoms with E-state index in [2.05, 4.69) is 12.2 Å². The van der Waals surface area contributed by atoms with E-state index in [-0.39, 0.29) is 17.9 Å². The third kappa shape index (κ3) is 5.83. The van der Waals surface area contributed by atoms with Gasteiger partial charge in [0.15, 0.2) is 0 Å². The molecular formula is C14H28N2O2. The second-order valence-electron chi connectivity index (χ2n) is 5.17. The highest BCUT2D eigenvalue weighted by Gasteiger charge is 2.26. The highest BCUT2D eigenvalue weighted by Crippen LogP contribution is 2.22. The minimum atomic E-state index is 0.0176. The summed E-state index contributed by atoms with van der Waals surface area (Å²) in [6.07, 6.45) is 7.36. The Labute approximate surface area is 111 Å². The Hall–Kier alpha value is -0.610. The smallest absolute Gasteiger partial charge is 0.224 e. The Morgan fingerprint density at radius 3 is 2.83 bits per heavy atom. The maximum atomic E-state index is 12.0. The molecule has 0 spiro atoms. The molecule has 0 aromatic heterocycles. The molecule has 0 bridgehead atoms. The Bertz CT molecular complexity index is 234. The second kappa shape index (κ2) is 9.34. The van der Waals surface area contributed by atoms with E-state index in [0.717, 1.165) is 51.7 Å². The lowest BCUT2D eigenvalue weighted by Crippen LogP contribution is -2.41. The molecule has 1 rings (SSSR count). The summed E-state index contributed by atoms with van der Waals surface area (Å²) >= 11 is 0. The van der Waals surface area contributed by atoms with Crippen LogP contribution in [0.25, 0.3) is 0 Å². The van der Waals surface area contributed by atoms with Gasteiger partial charge in [-0.1, -0.05) is 26.2 Å². The van der Waals surface area contributed by atoms with Crippen LogP contribution in [-0.4, -0.2) is 31.7 Å². The number of carbonyl (C=O) groups is 1. The summed E-state index contributed by atoms with van der Waals surface area (Å²) in [4.78, 5) is 12.0. The first kappa shape index (κ1) is 15.4. The van der Waals surface area contributed by atoms with Crippen molar-refractivity contribution in [3.63, 3.8) is 0 Å². The van der Waals surface area contributed by atoms with Crippen LogP contribution in [0, 0.1) is 5.92 Å². The van der Waals surface area contributed by atoms with E-state index in [0.29, 0.717) is 6.54 Å². The maximum Gasteiger partial charge on any atom is 0.224 e. The van der Waals surface area contributed by atoms with Crippen molar-refractivity contribution in [1.29, 1.82) is 0 Å². The van der Waals surface area contributed by atoms with Crippen molar-refractivity contribution in [3.05, 3.63) is 0 Å². The Morgan fingerprint density at radius 1 is 1.28 bits per heavy atom. The van der Waals surface area contributed by atoms with E-state index >= 15 is 0 Å². The van der Waals surface area contributed by atoms with Crippen molar-refractivity contribution in [3.8, 4) is 0 Å². The summed E-state index contributed by atoms with van der Waals surface area (Å²) in [5.74, 6) is 0.156. The van der Waals surface area contributed by atoms with Crippen molar-refractivity contribution in [2.24, 2.45) is 11.7 Å². The number of amides is 1. The number of ether oxygens (including phenoxy) is 1.